The summed E-state index contributed by atoms with van der Waals surface area (Å²) in [5.41, 5.74) is 0. The Bertz CT molecular complexity index is 521. The number of anilines is 1. The van der Waals surface area contributed by atoms with Crippen molar-refractivity contribution in [2.75, 3.05) is 5.32 Å². The summed E-state index contributed by atoms with van der Waals surface area (Å²) in [7, 11) is 0. The average molecular weight is 332 g/mol. The predicted molar refractivity (Wildman–Crippen MR) is 80.9 cm³/mol. The van der Waals surface area contributed by atoms with Crippen LogP contribution < -0.4 is 10.6 Å². The van der Waals surface area contributed by atoms with Crippen molar-refractivity contribution in [3.05, 3.63) is 12.3 Å². The minimum atomic E-state index is -4.32. The molecule has 0 aliphatic heterocycles. The monoisotopic (exact) mass is 332 g/mol. The minimum absolute atomic E-state index is 0.157. The lowest BCUT2D eigenvalue weighted by atomic mass is 9.87. The van der Waals surface area contributed by atoms with Crippen molar-refractivity contribution >= 4 is 11.7 Å². The second-order valence-corrected chi connectivity index (χ2v) is 6.35. The number of hydrogen-bond acceptors (Lipinski definition) is 3. The number of nitrogens with zero attached hydrogens (tertiary/aromatic N) is 2. The molecule has 0 spiro atoms. The lowest BCUT2D eigenvalue weighted by Crippen LogP contribution is -2.44. The third-order valence-corrected chi connectivity index (χ3v) is 4.10. The zero-order valence-corrected chi connectivity index (χ0v) is 13.4. The fourth-order valence-electron chi connectivity index (χ4n) is 2.73. The first kappa shape index (κ1) is 17.6. The van der Waals surface area contributed by atoms with E-state index in [9.17, 15) is 18.0 Å². The summed E-state index contributed by atoms with van der Waals surface area (Å²) in [6.07, 6.45) is 1.08. The third-order valence-electron chi connectivity index (χ3n) is 4.10. The topological polar surface area (TPSA) is 59.0 Å². The number of halogens is 3. The van der Waals surface area contributed by atoms with Gasteiger partial charge in [-0.05, 0) is 38.5 Å². The van der Waals surface area contributed by atoms with E-state index in [-0.39, 0.29) is 17.8 Å². The van der Waals surface area contributed by atoms with Crippen molar-refractivity contribution in [3.63, 3.8) is 0 Å². The molecule has 2 N–H and O–H groups in total. The summed E-state index contributed by atoms with van der Waals surface area (Å²) in [6, 6.07) is 1.06. The molecule has 0 saturated heterocycles. The van der Waals surface area contributed by atoms with Gasteiger partial charge in [0, 0.05) is 18.3 Å². The second-order valence-electron chi connectivity index (χ2n) is 6.35. The summed E-state index contributed by atoms with van der Waals surface area (Å²) in [4.78, 5) is 12.1. The molecule has 0 aromatic carbocycles. The summed E-state index contributed by atoms with van der Waals surface area (Å²) >= 11 is 0. The van der Waals surface area contributed by atoms with Crippen LogP contribution in [0.1, 0.15) is 39.5 Å². The number of aromatic nitrogens is 2. The van der Waals surface area contributed by atoms with Crippen molar-refractivity contribution in [2.24, 2.45) is 5.92 Å². The van der Waals surface area contributed by atoms with Crippen molar-refractivity contribution in [2.45, 2.75) is 64.3 Å². The standard InChI is InChI=1S/C15H23F3N4O/c1-10-3-5-12(6-4-10)20-14(23)11(2)19-13-7-8-22(21-13)9-15(16,17)18/h7-8,10-12H,3-6,9H2,1-2H3,(H,19,21)(H,20,23)/t10?,11-,12?/m0/s1. The van der Waals surface area contributed by atoms with Crippen LogP contribution in [0.5, 0.6) is 0 Å². The van der Waals surface area contributed by atoms with E-state index in [1.54, 1.807) is 6.92 Å². The fourth-order valence-corrected chi connectivity index (χ4v) is 2.73. The lowest BCUT2D eigenvalue weighted by Gasteiger charge is -2.28. The Balaban J connectivity index is 1.81. The van der Waals surface area contributed by atoms with Gasteiger partial charge < -0.3 is 10.6 Å². The molecule has 1 fully saturated rings. The number of nitrogens with one attached hydrogen (secondary N) is 2. The first-order chi connectivity index (χ1) is 10.7. The molecular formula is C15H23F3N4O. The highest BCUT2D eigenvalue weighted by atomic mass is 19.4. The largest absolute Gasteiger partial charge is 0.408 e. The Labute approximate surface area is 133 Å². The molecule has 1 amide bonds. The van der Waals surface area contributed by atoms with Crippen LogP contribution in [0.2, 0.25) is 0 Å². The van der Waals surface area contributed by atoms with Crippen LogP contribution in [0.4, 0.5) is 19.0 Å². The van der Waals surface area contributed by atoms with Crippen LogP contribution in [-0.2, 0) is 11.3 Å². The molecule has 5 nitrogen and oxygen atoms in total. The van der Waals surface area contributed by atoms with E-state index in [0.717, 1.165) is 30.4 Å². The highest BCUT2D eigenvalue weighted by Crippen LogP contribution is 2.23. The van der Waals surface area contributed by atoms with Crippen molar-refractivity contribution < 1.29 is 18.0 Å². The van der Waals surface area contributed by atoms with Gasteiger partial charge in [0.05, 0.1) is 0 Å². The smallest absolute Gasteiger partial charge is 0.357 e. The van der Waals surface area contributed by atoms with E-state index in [0.29, 0.717) is 5.92 Å². The highest BCUT2D eigenvalue weighted by molar-refractivity contribution is 5.84. The lowest BCUT2D eigenvalue weighted by molar-refractivity contribution is -0.142. The molecule has 2 rings (SSSR count). The maximum absolute atomic E-state index is 12.3. The van der Waals surface area contributed by atoms with Gasteiger partial charge in [-0.3, -0.25) is 9.48 Å². The second kappa shape index (κ2) is 7.23. The molecule has 1 aliphatic carbocycles. The van der Waals surface area contributed by atoms with E-state index in [4.69, 9.17) is 0 Å². The first-order valence-electron chi connectivity index (χ1n) is 7.90. The van der Waals surface area contributed by atoms with Crippen LogP contribution in [0, 0.1) is 5.92 Å². The summed E-state index contributed by atoms with van der Waals surface area (Å²) in [6.45, 7) is 2.73. The van der Waals surface area contributed by atoms with Crippen LogP contribution >= 0.6 is 0 Å². The van der Waals surface area contributed by atoms with Crippen molar-refractivity contribution in [1.82, 2.24) is 15.1 Å². The number of rotatable bonds is 5. The van der Waals surface area contributed by atoms with Gasteiger partial charge in [-0.25, -0.2) is 0 Å². The van der Waals surface area contributed by atoms with Gasteiger partial charge in [0.1, 0.15) is 18.4 Å². The Kier molecular flexibility index (Phi) is 5.54. The number of carbonyl (C=O) groups is 1. The van der Waals surface area contributed by atoms with E-state index in [1.165, 1.54) is 12.3 Å². The Hall–Kier alpha value is -1.73. The molecule has 1 heterocycles. The highest BCUT2D eigenvalue weighted by Gasteiger charge is 2.28. The van der Waals surface area contributed by atoms with Gasteiger partial charge in [-0.1, -0.05) is 6.92 Å². The molecule has 1 aliphatic rings. The fraction of sp³-hybridized carbons (Fsp3) is 0.733. The SMILES string of the molecule is CC1CCC(NC(=O)[C@H](C)Nc2ccn(CC(F)(F)F)n2)CC1. The number of carbonyl (C=O) groups excluding carboxylic acids is 1. The average Bonchev–Trinajstić information content (AvgIpc) is 2.86. The van der Waals surface area contributed by atoms with E-state index >= 15 is 0 Å². The molecule has 8 heteroatoms. The molecule has 1 aromatic heterocycles. The van der Waals surface area contributed by atoms with Crippen molar-refractivity contribution in [1.29, 1.82) is 0 Å². The maximum atomic E-state index is 12.3. The van der Waals surface area contributed by atoms with Gasteiger partial charge in [-0.15, -0.1) is 0 Å². The number of hydrogen-bond donors (Lipinski definition) is 2. The van der Waals surface area contributed by atoms with Crippen LogP contribution in [-0.4, -0.2) is 33.9 Å². The van der Waals surface area contributed by atoms with Crippen LogP contribution in [0.15, 0.2) is 12.3 Å². The zero-order valence-electron chi connectivity index (χ0n) is 13.4. The molecule has 0 unspecified atom stereocenters. The van der Waals surface area contributed by atoms with E-state index in [1.807, 2.05) is 0 Å². The Morgan fingerprint density at radius 3 is 2.65 bits per heavy atom. The van der Waals surface area contributed by atoms with E-state index < -0.39 is 18.8 Å². The van der Waals surface area contributed by atoms with E-state index in [2.05, 4.69) is 22.7 Å². The molecular weight excluding hydrogens is 309 g/mol. The first-order valence-corrected chi connectivity index (χ1v) is 7.90. The molecule has 1 saturated carbocycles. The van der Waals surface area contributed by atoms with Crippen molar-refractivity contribution in [3.8, 4) is 0 Å². The summed E-state index contributed by atoms with van der Waals surface area (Å²) in [5, 5.41) is 9.60. The van der Waals surface area contributed by atoms with Gasteiger partial charge in [0.2, 0.25) is 5.91 Å². The molecule has 130 valence electrons. The molecule has 23 heavy (non-hydrogen) atoms. The van der Waals surface area contributed by atoms with Crippen LogP contribution in [0.25, 0.3) is 0 Å². The predicted octanol–water partition coefficient (Wildman–Crippen LogP) is 2.94. The molecule has 0 bridgehead atoms. The number of amides is 1. The van der Waals surface area contributed by atoms with Gasteiger partial charge in [0.25, 0.3) is 0 Å². The summed E-state index contributed by atoms with van der Waals surface area (Å²) in [5.74, 6) is 0.806. The maximum Gasteiger partial charge on any atom is 0.408 e. The molecule has 1 aromatic rings. The quantitative estimate of drug-likeness (QED) is 0.871. The molecule has 0 radical (unpaired) electrons. The zero-order chi connectivity index (χ0) is 17.0. The van der Waals surface area contributed by atoms with Gasteiger partial charge in [-0.2, -0.15) is 18.3 Å². The normalized spacial score (nSPS) is 23.3. The third kappa shape index (κ3) is 5.76. The number of alkyl halides is 3. The minimum Gasteiger partial charge on any atom is -0.357 e. The Morgan fingerprint density at radius 2 is 2.04 bits per heavy atom. The Morgan fingerprint density at radius 1 is 1.39 bits per heavy atom. The van der Waals surface area contributed by atoms with Gasteiger partial charge >= 0.3 is 6.18 Å². The van der Waals surface area contributed by atoms with Crippen LogP contribution in [0.3, 0.4) is 0 Å². The molecule has 1 atom stereocenters. The summed E-state index contributed by atoms with van der Waals surface area (Å²) < 4.78 is 37.7. The van der Waals surface area contributed by atoms with Gasteiger partial charge in [0.15, 0.2) is 0 Å².